The Bertz CT molecular complexity index is 521. The lowest BCUT2D eigenvalue weighted by molar-refractivity contribution is 0.00305. The number of aromatic nitrogens is 1. The van der Waals surface area contributed by atoms with Crippen LogP contribution in [0.3, 0.4) is 0 Å². The van der Waals surface area contributed by atoms with Crippen molar-refractivity contribution < 1.29 is 9.90 Å². The van der Waals surface area contributed by atoms with E-state index in [0.717, 1.165) is 12.8 Å². The largest absolute Gasteiger partial charge is 0.388 e. The summed E-state index contributed by atoms with van der Waals surface area (Å²) in [4.78, 5) is 20.7. The number of carbonyl (C=O) groups is 1. The number of carbonyl (C=O) groups excluding carboxylic acids is 1. The summed E-state index contributed by atoms with van der Waals surface area (Å²) in [6.07, 6.45) is 3.80. The van der Waals surface area contributed by atoms with Gasteiger partial charge in [0.15, 0.2) is 0 Å². The van der Waals surface area contributed by atoms with Gasteiger partial charge in [0.2, 0.25) is 0 Å². The van der Waals surface area contributed by atoms with E-state index in [4.69, 9.17) is 0 Å². The van der Waals surface area contributed by atoms with Crippen LogP contribution in [0.1, 0.15) is 29.6 Å². The molecule has 1 aliphatic rings. The maximum absolute atomic E-state index is 12.7. The van der Waals surface area contributed by atoms with Gasteiger partial charge in [0, 0.05) is 32.9 Å². The summed E-state index contributed by atoms with van der Waals surface area (Å²) in [6, 6.07) is 3.56. The first-order chi connectivity index (χ1) is 10.4. The number of pyridine rings is 1. The van der Waals surface area contributed by atoms with E-state index in [1.54, 1.807) is 25.4 Å². The van der Waals surface area contributed by atoms with E-state index in [9.17, 15) is 9.90 Å². The zero-order valence-electron chi connectivity index (χ0n) is 13.7. The minimum Gasteiger partial charge on any atom is -0.388 e. The standard InChI is InChI=1S/C16H26N4O2/c1-17-14-13(6-4-9-18-14)15(21)20-10-5-7-16(22,8-11-20)12-19(2)3/h4,6,9,22H,5,7-8,10-12H2,1-3H3,(H,17,18)/t16-/m1/s1. The van der Waals surface area contributed by atoms with Crippen molar-refractivity contribution >= 4 is 11.7 Å². The second-order valence-corrected chi connectivity index (χ2v) is 6.26. The molecule has 1 amide bonds. The molecule has 1 aromatic heterocycles. The number of aliphatic hydroxyl groups is 1. The van der Waals surface area contributed by atoms with Gasteiger partial charge in [-0.3, -0.25) is 4.79 Å². The van der Waals surface area contributed by atoms with Crippen LogP contribution in [0.5, 0.6) is 0 Å². The van der Waals surface area contributed by atoms with Crippen molar-refractivity contribution in [2.75, 3.05) is 46.1 Å². The van der Waals surface area contributed by atoms with Gasteiger partial charge in [-0.2, -0.15) is 0 Å². The van der Waals surface area contributed by atoms with Crippen LogP contribution >= 0.6 is 0 Å². The molecule has 0 aromatic carbocycles. The molecule has 6 heteroatoms. The number of hydrogen-bond donors (Lipinski definition) is 2. The average molecular weight is 306 g/mol. The average Bonchev–Trinajstić information content (AvgIpc) is 2.67. The number of rotatable bonds is 4. The van der Waals surface area contributed by atoms with Gasteiger partial charge in [-0.1, -0.05) is 0 Å². The number of nitrogens with zero attached hydrogens (tertiary/aromatic N) is 3. The van der Waals surface area contributed by atoms with Crippen molar-refractivity contribution in [2.45, 2.75) is 24.9 Å². The van der Waals surface area contributed by atoms with Crippen molar-refractivity contribution in [3.63, 3.8) is 0 Å². The second kappa shape index (κ2) is 7.07. The summed E-state index contributed by atoms with van der Waals surface area (Å²) in [5, 5.41) is 13.6. The molecule has 1 saturated heterocycles. The Hall–Kier alpha value is -1.66. The van der Waals surface area contributed by atoms with E-state index in [1.807, 2.05) is 23.9 Å². The van der Waals surface area contributed by atoms with Gasteiger partial charge < -0.3 is 20.2 Å². The van der Waals surface area contributed by atoms with Crippen molar-refractivity contribution in [2.24, 2.45) is 0 Å². The second-order valence-electron chi connectivity index (χ2n) is 6.26. The number of nitrogens with one attached hydrogen (secondary N) is 1. The summed E-state index contributed by atoms with van der Waals surface area (Å²) in [5.41, 5.74) is -0.123. The molecule has 1 aromatic rings. The molecule has 6 nitrogen and oxygen atoms in total. The Morgan fingerprint density at radius 2 is 2.23 bits per heavy atom. The first-order valence-electron chi connectivity index (χ1n) is 7.74. The number of likely N-dealkylation sites (tertiary alicyclic amines) is 1. The molecule has 1 fully saturated rings. The molecule has 22 heavy (non-hydrogen) atoms. The van der Waals surface area contributed by atoms with Crippen LogP contribution in [0.4, 0.5) is 5.82 Å². The van der Waals surface area contributed by atoms with Crippen molar-refractivity contribution in [1.82, 2.24) is 14.8 Å². The Balaban J connectivity index is 2.09. The van der Waals surface area contributed by atoms with E-state index < -0.39 is 5.60 Å². The SMILES string of the molecule is CNc1ncccc1C(=O)N1CCC[C@](O)(CN(C)C)CC1. The quantitative estimate of drug-likeness (QED) is 0.870. The summed E-state index contributed by atoms with van der Waals surface area (Å²) in [5.74, 6) is 0.576. The topological polar surface area (TPSA) is 68.7 Å². The Kier molecular flexibility index (Phi) is 5.37. The molecule has 1 aliphatic heterocycles. The molecule has 2 N–H and O–H groups in total. The molecule has 0 saturated carbocycles. The smallest absolute Gasteiger partial charge is 0.257 e. The van der Waals surface area contributed by atoms with Gasteiger partial charge in [-0.05, 0) is 45.5 Å². The van der Waals surface area contributed by atoms with Crippen molar-refractivity contribution in [3.8, 4) is 0 Å². The predicted molar refractivity (Wildman–Crippen MR) is 87.0 cm³/mol. The van der Waals surface area contributed by atoms with Crippen LogP contribution < -0.4 is 5.32 Å². The highest BCUT2D eigenvalue weighted by Gasteiger charge is 2.32. The first kappa shape index (κ1) is 16.7. The van der Waals surface area contributed by atoms with E-state index in [2.05, 4.69) is 10.3 Å². The van der Waals surface area contributed by atoms with Gasteiger partial charge in [0.1, 0.15) is 5.82 Å². The molecule has 1 atom stereocenters. The van der Waals surface area contributed by atoms with Crippen molar-refractivity contribution in [3.05, 3.63) is 23.9 Å². The van der Waals surface area contributed by atoms with Crippen molar-refractivity contribution in [1.29, 1.82) is 0 Å². The zero-order chi connectivity index (χ0) is 16.2. The molecule has 0 spiro atoms. The molecule has 2 heterocycles. The maximum atomic E-state index is 12.7. The monoisotopic (exact) mass is 306 g/mol. The summed E-state index contributed by atoms with van der Waals surface area (Å²) < 4.78 is 0. The highest BCUT2D eigenvalue weighted by Crippen LogP contribution is 2.24. The van der Waals surface area contributed by atoms with Gasteiger partial charge in [0.25, 0.3) is 5.91 Å². The van der Waals surface area contributed by atoms with Gasteiger partial charge in [-0.25, -0.2) is 4.98 Å². The van der Waals surface area contributed by atoms with E-state index in [1.165, 1.54) is 0 Å². The summed E-state index contributed by atoms with van der Waals surface area (Å²) >= 11 is 0. The number of anilines is 1. The van der Waals surface area contributed by atoms with E-state index >= 15 is 0 Å². The minimum absolute atomic E-state index is 0.0217. The predicted octanol–water partition coefficient (Wildman–Crippen LogP) is 1.04. The van der Waals surface area contributed by atoms with Gasteiger partial charge >= 0.3 is 0 Å². The van der Waals surface area contributed by atoms with E-state index in [0.29, 0.717) is 37.4 Å². The Labute approximate surface area is 132 Å². The molecule has 122 valence electrons. The molecule has 0 aliphatic carbocycles. The fraction of sp³-hybridized carbons (Fsp3) is 0.625. The lowest BCUT2D eigenvalue weighted by atomic mass is 9.94. The lowest BCUT2D eigenvalue weighted by Crippen LogP contribution is -2.41. The van der Waals surface area contributed by atoms with E-state index in [-0.39, 0.29) is 5.91 Å². The zero-order valence-corrected chi connectivity index (χ0v) is 13.7. The van der Waals surface area contributed by atoms with Crippen LogP contribution in [0.25, 0.3) is 0 Å². The normalized spacial score (nSPS) is 22.5. The molecule has 2 rings (SSSR count). The molecule has 0 radical (unpaired) electrons. The number of likely N-dealkylation sites (N-methyl/N-ethyl adjacent to an activating group) is 1. The maximum Gasteiger partial charge on any atom is 0.257 e. The lowest BCUT2D eigenvalue weighted by Gasteiger charge is -2.30. The van der Waals surface area contributed by atoms with Crippen LogP contribution in [0.15, 0.2) is 18.3 Å². The van der Waals surface area contributed by atoms with Crippen LogP contribution in [-0.4, -0.2) is 72.2 Å². The first-order valence-corrected chi connectivity index (χ1v) is 7.74. The fourth-order valence-corrected chi connectivity index (χ4v) is 3.08. The fourth-order valence-electron chi connectivity index (χ4n) is 3.08. The summed E-state index contributed by atoms with van der Waals surface area (Å²) in [6.45, 7) is 1.87. The van der Waals surface area contributed by atoms with Crippen LogP contribution in [-0.2, 0) is 0 Å². The molecular formula is C16H26N4O2. The third kappa shape index (κ3) is 3.96. The molecule has 0 bridgehead atoms. The molecule has 0 unspecified atom stereocenters. The third-order valence-corrected chi connectivity index (χ3v) is 4.09. The summed E-state index contributed by atoms with van der Waals surface area (Å²) in [7, 11) is 5.68. The Morgan fingerprint density at radius 1 is 1.45 bits per heavy atom. The number of amides is 1. The number of hydrogen-bond acceptors (Lipinski definition) is 5. The highest BCUT2D eigenvalue weighted by molar-refractivity contribution is 5.98. The minimum atomic E-state index is -0.709. The molecular weight excluding hydrogens is 280 g/mol. The Morgan fingerprint density at radius 3 is 2.91 bits per heavy atom. The van der Waals surface area contributed by atoms with Gasteiger partial charge in [0.05, 0.1) is 11.2 Å². The van der Waals surface area contributed by atoms with Crippen LogP contribution in [0.2, 0.25) is 0 Å². The third-order valence-electron chi connectivity index (χ3n) is 4.09. The van der Waals surface area contributed by atoms with Gasteiger partial charge in [-0.15, -0.1) is 0 Å². The van der Waals surface area contributed by atoms with Crippen LogP contribution in [0, 0.1) is 0 Å². The highest BCUT2D eigenvalue weighted by atomic mass is 16.3.